The van der Waals surface area contributed by atoms with Crippen LogP contribution in [-0.4, -0.2) is 38.0 Å². The molecule has 0 aromatic rings. The zero-order chi connectivity index (χ0) is 9.35. The van der Waals surface area contributed by atoms with Gasteiger partial charge in [0.25, 0.3) is 9.24 Å². The molecule has 72 valence electrons. The predicted octanol–water partition coefficient (Wildman–Crippen LogP) is 0.579. The highest BCUT2D eigenvalue weighted by atomic mass is 35.7. The summed E-state index contributed by atoms with van der Waals surface area (Å²) in [5.41, 5.74) is 0. The van der Waals surface area contributed by atoms with Crippen molar-refractivity contribution in [3.05, 3.63) is 0 Å². The van der Waals surface area contributed by atoms with Crippen LogP contribution in [0.25, 0.3) is 0 Å². The molecule has 1 aliphatic heterocycles. The van der Waals surface area contributed by atoms with Crippen molar-refractivity contribution in [2.24, 2.45) is 0 Å². The Kier molecular flexibility index (Phi) is 2.98. The van der Waals surface area contributed by atoms with E-state index in [-0.39, 0.29) is 12.1 Å². The van der Waals surface area contributed by atoms with E-state index in [4.69, 9.17) is 15.4 Å². The molecule has 1 heterocycles. The van der Waals surface area contributed by atoms with Gasteiger partial charge in [0.15, 0.2) is 0 Å². The summed E-state index contributed by atoms with van der Waals surface area (Å²) < 4.78 is 28.5. The molecule has 0 spiro atoms. The summed E-state index contributed by atoms with van der Waals surface area (Å²) in [4.78, 5) is 0. The number of halogens is 1. The van der Waals surface area contributed by atoms with E-state index in [9.17, 15) is 8.42 Å². The van der Waals surface area contributed by atoms with Crippen LogP contribution in [0.15, 0.2) is 0 Å². The summed E-state index contributed by atoms with van der Waals surface area (Å²) in [7, 11) is 1.63. The Hall–Kier alpha value is 0.160. The molecular formula is C6H12ClNO3S. The van der Waals surface area contributed by atoms with E-state index in [0.29, 0.717) is 13.2 Å². The Morgan fingerprint density at radius 1 is 1.50 bits per heavy atom. The van der Waals surface area contributed by atoms with Crippen LogP contribution >= 0.6 is 10.7 Å². The fourth-order valence-corrected chi connectivity index (χ4v) is 2.63. The zero-order valence-corrected chi connectivity index (χ0v) is 8.60. The molecule has 0 aliphatic carbocycles. The topological polar surface area (TPSA) is 46.6 Å². The normalized spacial score (nSPS) is 33.6. The Bertz CT molecular complexity index is 254. The van der Waals surface area contributed by atoms with Crippen LogP contribution in [0.1, 0.15) is 13.8 Å². The van der Waals surface area contributed by atoms with Gasteiger partial charge in [-0.15, -0.1) is 0 Å². The fraction of sp³-hybridized carbons (Fsp3) is 1.00. The van der Waals surface area contributed by atoms with E-state index in [1.165, 1.54) is 4.31 Å². The molecule has 0 bridgehead atoms. The van der Waals surface area contributed by atoms with E-state index < -0.39 is 9.24 Å². The number of morpholine rings is 1. The first kappa shape index (κ1) is 10.2. The lowest BCUT2D eigenvalue weighted by Crippen LogP contribution is -2.48. The minimum Gasteiger partial charge on any atom is -0.375 e. The minimum atomic E-state index is -3.58. The molecular weight excluding hydrogens is 202 g/mol. The zero-order valence-electron chi connectivity index (χ0n) is 7.03. The molecule has 0 saturated carbocycles. The first-order chi connectivity index (χ1) is 5.41. The highest BCUT2D eigenvalue weighted by Crippen LogP contribution is 2.17. The average Bonchev–Trinajstić information content (AvgIpc) is 1.92. The number of hydrogen-bond donors (Lipinski definition) is 0. The van der Waals surface area contributed by atoms with Gasteiger partial charge in [0.05, 0.1) is 12.7 Å². The number of hydrogen-bond acceptors (Lipinski definition) is 3. The Morgan fingerprint density at radius 2 is 2.08 bits per heavy atom. The van der Waals surface area contributed by atoms with Crippen LogP contribution in [-0.2, 0) is 14.0 Å². The smallest absolute Gasteiger partial charge is 0.300 e. The molecule has 0 aromatic carbocycles. The summed E-state index contributed by atoms with van der Waals surface area (Å²) in [6.07, 6.45) is -0.0743. The van der Waals surface area contributed by atoms with Gasteiger partial charge in [0.1, 0.15) is 0 Å². The summed E-state index contributed by atoms with van der Waals surface area (Å²) >= 11 is 0. The summed E-state index contributed by atoms with van der Waals surface area (Å²) in [6.45, 7) is 4.34. The Labute approximate surface area is 77.0 Å². The van der Waals surface area contributed by atoms with E-state index >= 15 is 0 Å². The fourth-order valence-electron chi connectivity index (χ4n) is 1.18. The second-order valence-corrected chi connectivity index (χ2v) is 5.47. The van der Waals surface area contributed by atoms with E-state index in [1.807, 2.05) is 6.92 Å². The predicted molar refractivity (Wildman–Crippen MR) is 46.4 cm³/mol. The van der Waals surface area contributed by atoms with Crippen LogP contribution in [0.2, 0.25) is 0 Å². The summed E-state index contributed by atoms with van der Waals surface area (Å²) in [6, 6.07) is -0.163. The third-order valence-corrected chi connectivity index (χ3v) is 3.43. The van der Waals surface area contributed by atoms with Crippen LogP contribution in [0.5, 0.6) is 0 Å². The molecule has 1 fully saturated rings. The standard InChI is InChI=1S/C6H12ClNO3S/c1-5-4-11-6(2)3-8(5)12(7,9)10/h5-6H,3-4H2,1-2H3/t5-,6-/m0/s1. The summed E-state index contributed by atoms with van der Waals surface area (Å²) in [5, 5.41) is 0. The van der Waals surface area contributed by atoms with Crippen molar-refractivity contribution in [3.63, 3.8) is 0 Å². The van der Waals surface area contributed by atoms with Gasteiger partial charge in [-0.1, -0.05) is 0 Å². The summed E-state index contributed by atoms with van der Waals surface area (Å²) in [5.74, 6) is 0. The SMILES string of the molecule is C[C@H]1CN(S(=O)(=O)Cl)[C@@H](C)CO1. The molecule has 2 atom stereocenters. The highest BCUT2D eigenvalue weighted by Gasteiger charge is 2.31. The van der Waals surface area contributed by atoms with E-state index in [2.05, 4.69) is 0 Å². The Morgan fingerprint density at radius 3 is 2.50 bits per heavy atom. The van der Waals surface area contributed by atoms with Gasteiger partial charge < -0.3 is 4.74 Å². The van der Waals surface area contributed by atoms with Crippen molar-refractivity contribution in [1.82, 2.24) is 4.31 Å². The molecule has 1 rings (SSSR count). The van der Waals surface area contributed by atoms with Crippen molar-refractivity contribution in [2.75, 3.05) is 13.2 Å². The monoisotopic (exact) mass is 213 g/mol. The van der Waals surface area contributed by atoms with Crippen LogP contribution < -0.4 is 0 Å². The lowest BCUT2D eigenvalue weighted by molar-refractivity contribution is -0.0162. The highest BCUT2D eigenvalue weighted by molar-refractivity contribution is 8.11. The third kappa shape index (κ3) is 2.32. The lowest BCUT2D eigenvalue weighted by Gasteiger charge is -2.33. The minimum absolute atomic E-state index is 0.0743. The maximum absolute atomic E-state index is 11.0. The molecule has 0 aromatic heterocycles. The van der Waals surface area contributed by atoms with Gasteiger partial charge in [-0.05, 0) is 13.8 Å². The molecule has 6 heteroatoms. The van der Waals surface area contributed by atoms with Gasteiger partial charge >= 0.3 is 0 Å². The van der Waals surface area contributed by atoms with Crippen LogP contribution in [0.4, 0.5) is 0 Å². The van der Waals surface area contributed by atoms with Crippen LogP contribution in [0, 0.1) is 0 Å². The Balaban J connectivity index is 2.74. The third-order valence-electron chi connectivity index (χ3n) is 1.83. The van der Waals surface area contributed by atoms with Crippen molar-refractivity contribution < 1.29 is 13.2 Å². The quantitative estimate of drug-likeness (QED) is 0.599. The molecule has 1 saturated heterocycles. The molecule has 0 radical (unpaired) electrons. The number of nitrogens with zero attached hydrogens (tertiary/aromatic N) is 1. The first-order valence-corrected chi connectivity index (χ1v) is 6.01. The van der Waals surface area contributed by atoms with Gasteiger partial charge in [-0.25, -0.2) is 0 Å². The molecule has 1 aliphatic rings. The maximum Gasteiger partial charge on any atom is 0.300 e. The van der Waals surface area contributed by atoms with Crippen LogP contribution in [0.3, 0.4) is 0 Å². The van der Waals surface area contributed by atoms with Crippen molar-refractivity contribution in [2.45, 2.75) is 26.0 Å². The number of ether oxygens (including phenoxy) is 1. The van der Waals surface area contributed by atoms with Gasteiger partial charge in [0.2, 0.25) is 0 Å². The molecule has 0 amide bonds. The lowest BCUT2D eigenvalue weighted by atomic mass is 10.2. The second-order valence-electron chi connectivity index (χ2n) is 3.00. The largest absolute Gasteiger partial charge is 0.375 e. The number of rotatable bonds is 1. The molecule has 4 nitrogen and oxygen atoms in total. The van der Waals surface area contributed by atoms with Gasteiger partial charge in [0, 0.05) is 23.3 Å². The average molecular weight is 214 g/mol. The van der Waals surface area contributed by atoms with Gasteiger partial charge in [-0.2, -0.15) is 12.7 Å². The van der Waals surface area contributed by atoms with Gasteiger partial charge in [-0.3, -0.25) is 0 Å². The second kappa shape index (κ2) is 3.49. The van der Waals surface area contributed by atoms with E-state index in [1.54, 1.807) is 6.92 Å². The molecule has 0 N–H and O–H groups in total. The molecule has 0 unspecified atom stereocenters. The van der Waals surface area contributed by atoms with E-state index in [0.717, 1.165) is 0 Å². The van der Waals surface area contributed by atoms with Crippen molar-refractivity contribution >= 4 is 19.9 Å². The first-order valence-electron chi connectivity index (χ1n) is 3.74. The maximum atomic E-state index is 11.0. The molecule has 12 heavy (non-hydrogen) atoms. The van der Waals surface area contributed by atoms with Crippen molar-refractivity contribution in [1.29, 1.82) is 0 Å². The van der Waals surface area contributed by atoms with Crippen molar-refractivity contribution in [3.8, 4) is 0 Å².